The molecule has 0 aliphatic carbocycles. The lowest BCUT2D eigenvalue weighted by Crippen LogP contribution is -2.39. The van der Waals surface area contributed by atoms with Gasteiger partial charge in [-0.05, 0) is 59.8 Å². The van der Waals surface area contributed by atoms with Crippen LogP contribution < -0.4 is 0 Å². The van der Waals surface area contributed by atoms with Gasteiger partial charge in [0.05, 0.1) is 0 Å². The maximum atomic E-state index is 5.56. The number of nitrogens with zero attached hydrogens (tertiary/aromatic N) is 1. The van der Waals surface area contributed by atoms with Crippen molar-refractivity contribution < 1.29 is 4.43 Å². The van der Waals surface area contributed by atoms with Crippen molar-refractivity contribution in [3.05, 3.63) is 0 Å². The fourth-order valence-electron chi connectivity index (χ4n) is 1.90. The highest BCUT2D eigenvalue weighted by Crippen LogP contribution is 2.14. The fourth-order valence-corrected chi connectivity index (χ4v) is 3.12. The summed E-state index contributed by atoms with van der Waals surface area (Å²) in [5, 5.41) is 0. The fraction of sp³-hybridized carbons (Fsp3) is 1.00. The summed E-state index contributed by atoms with van der Waals surface area (Å²) in [5.74, 6) is 0. The Balaban J connectivity index is 3.92. The van der Waals surface area contributed by atoms with Gasteiger partial charge < -0.3 is 4.43 Å². The number of hydrogen-bond acceptors (Lipinski definition) is 2. The van der Waals surface area contributed by atoms with Crippen LogP contribution in [0.4, 0.5) is 0 Å². The van der Waals surface area contributed by atoms with E-state index in [-0.39, 0.29) is 0 Å². The second-order valence-corrected chi connectivity index (χ2v) is 9.92. The van der Waals surface area contributed by atoms with E-state index in [0.717, 1.165) is 0 Å². The molecular weight excluding hydrogens is 202 g/mol. The molecule has 0 aliphatic rings. The quantitative estimate of drug-likeness (QED) is 0.623. The lowest BCUT2D eigenvalue weighted by molar-refractivity contribution is 0.174. The van der Waals surface area contributed by atoms with Crippen LogP contribution in [0.3, 0.4) is 0 Å². The van der Waals surface area contributed by atoms with Gasteiger partial charge in [0.2, 0.25) is 0 Å². The van der Waals surface area contributed by atoms with E-state index >= 15 is 0 Å². The van der Waals surface area contributed by atoms with Gasteiger partial charge in [-0.25, -0.2) is 0 Å². The Morgan fingerprint density at radius 3 is 1.87 bits per heavy atom. The van der Waals surface area contributed by atoms with E-state index in [1.54, 1.807) is 0 Å². The van der Waals surface area contributed by atoms with Gasteiger partial charge in [-0.1, -0.05) is 0 Å². The van der Waals surface area contributed by atoms with Crippen molar-refractivity contribution in [2.45, 2.75) is 65.3 Å². The van der Waals surface area contributed by atoms with E-state index in [2.05, 4.69) is 45.7 Å². The zero-order valence-corrected chi connectivity index (χ0v) is 12.6. The largest absolute Gasteiger partial charge is 0.420 e. The minimum Gasteiger partial charge on any atom is -0.420 e. The topological polar surface area (TPSA) is 12.5 Å². The Kier molecular flexibility index (Phi) is 6.72. The third-order valence-electron chi connectivity index (χ3n) is 3.07. The van der Waals surface area contributed by atoms with Crippen LogP contribution in [0.2, 0.25) is 19.1 Å². The lowest BCUT2D eigenvalue weighted by atomic mass is 10.2. The molecule has 0 aliphatic heterocycles. The predicted octanol–water partition coefficient (Wildman–Crippen LogP) is 3.35. The molecule has 0 saturated carbocycles. The lowest BCUT2D eigenvalue weighted by Gasteiger charge is -2.31. The summed E-state index contributed by atoms with van der Waals surface area (Å²) >= 11 is 0. The van der Waals surface area contributed by atoms with Crippen molar-refractivity contribution in [2.24, 2.45) is 0 Å². The average molecular weight is 231 g/mol. The van der Waals surface area contributed by atoms with Gasteiger partial charge in [-0.3, -0.25) is 4.90 Å². The van der Waals surface area contributed by atoms with Gasteiger partial charge in [0.25, 0.3) is 0 Å². The first-order chi connectivity index (χ1) is 6.80. The van der Waals surface area contributed by atoms with Crippen molar-refractivity contribution >= 4 is 8.32 Å². The van der Waals surface area contributed by atoms with Crippen LogP contribution in [0.5, 0.6) is 0 Å². The van der Waals surface area contributed by atoms with Gasteiger partial charge >= 0.3 is 0 Å². The standard InChI is InChI=1S/C12H29NOSi/c1-11(2)13(12(3)4)9-8-10-15(6,7)14-5/h11-12H,8-10H2,1-7H3. The molecule has 15 heavy (non-hydrogen) atoms. The molecule has 0 N–H and O–H groups in total. The van der Waals surface area contributed by atoms with Gasteiger partial charge in [-0.2, -0.15) is 0 Å². The normalized spacial score (nSPS) is 13.2. The minimum absolute atomic E-state index is 0.650. The van der Waals surface area contributed by atoms with Crippen molar-refractivity contribution in [1.29, 1.82) is 0 Å². The van der Waals surface area contributed by atoms with Crippen LogP contribution in [-0.4, -0.2) is 39.0 Å². The third-order valence-corrected chi connectivity index (χ3v) is 5.74. The van der Waals surface area contributed by atoms with Crippen LogP contribution in [0.25, 0.3) is 0 Å². The van der Waals surface area contributed by atoms with Gasteiger partial charge in [0.15, 0.2) is 8.32 Å². The second kappa shape index (κ2) is 6.66. The van der Waals surface area contributed by atoms with Crippen LogP contribution in [0.1, 0.15) is 34.1 Å². The van der Waals surface area contributed by atoms with Crippen molar-refractivity contribution in [3.8, 4) is 0 Å². The molecule has 0 fully saturated rings. The Hall–Kier alpha value is 0.137. The molecule has 0 atom stereocenters. The first kappa shape index (κ1) is 15.1. The van der Waals surface area contributed by atoms with Crippen LogP contribution in [0, 0.1) is 0 Å². The van der Waals surface area contributed by atoms with Gasteiger partial charge in [0, 0.05) is 19.2 Å². The molecule has 0 saturated heterocycles. The third kappa shape index (κ3) is 6.33. The molecule has 0 amide bonds. The van der Waals surface area contributed by atoms with E-state index in [4.69, 9.17) is 4.43 Å². The Labute approximate surface area is 97.1 Å². The summed E-state index contributed by atoms with van der Waals surface area (Å²) in [6, 6.07) is 2.56. The van der Waals surface area contributed by atoms with Crippen molar-refractivity contribution in [2.75, 3.05) is 13.7 Å². The summed E-state index contributed by atoms with van der Waals surface area (Å²) < 4.78 is 5.56. The van der Waals surface area contributed by atoms with E-state index in [9.17, 15) is 0 Å². The summed E-state index contributed by atoms with van der Waals surface area (Å²) in [6.07, 6.45) is 1.27. The molecule has 0 heterocycles. The highest BCUT2D eigenvalue weighted by molar-refractivity contribution is 6.71. The Morgan fingerprint density at radius 2 is 1.53 bits per heavy atom. The van der Waals surface area contributed by atoms with Crippen LogP contribution in [0.15, 0.2) is 0 Å². The zero-order chi connectivity index (χ0) is 12.1. The van der Waals surface area contributed by atoms with Crippen molar-refractivity contribution in [3.63, 3.8) is 0 Å². The molecule has 0 aromatic heterocycles. The maximum Gasteiger partial charge on any atom is 0.186 e. The highest BCUT2D eigenvalue weighted by atomic mass is 28.4. The van der Waals surface area contributed by atoms with Crippen LogP contribution >= 0.6 is 0 Å². The molecular formula is C12H29NOSi. The molecule has 92 valence electrons. The smallest absolute Gasteiger partial charge is 0.186 e. The van der Waals surface area contributed by atoms with E-state index < -0.39 is 8.32 Å². The van der Waals surface area contributed by atoms with Gasteiger partial charge in [0.1, 0.15) is 0 Å². The molecule has 3 heteroatoms. The van der Waals surface area contributed by atoms with Crippen LogP contribution in [-0.2, 0) is 4.43 Å². The monoisotopic (exact) mass is 231 g/mol. The maximum absolute atomic E-state index is 5.56. The summed E-state index contributed by atoms with van der Waals surface area (Å²) in [6.45, 7) is 14.9. The minimum atomic E-state index is -1.34. The molecule has 0 aromatic rings. The molecule has 2 nitrogen and oxygen atoms in total. The van der Waals surface area contributed by atoms with Crippen molar-refractivity contribution in [1.82, 2.24) is 4.90 Å². The Morgan fingerprint density at radius 1 is 1.07 bits per heavy atom. The van der Waals surface area contributed by atoms with Gasteiger partial charge in [-0.15, -0.1) is 0 Å². The Bertz CT molecular complexity index is 161. The molecule has 0 radical (unpaired) electrons. The molecule has 0 spiro atoms. The highest BCUT2D eigenvalue weighted by Gasteiger charge is 2.21. The molecule has 0 rings (SSSR count). The molecule has 0 aromatic carbocycles. The average Bonchev–Trinajstić information content (AvgIpc) is 2.11. The molecule has 0 bridgehead atoms. The molecule has 0 unspecified atom stereocenters. The number of hydrogen-bond donors (Lipinski definition) is 0. The SMILES string of the molecule is CO[Si](C)(C)CCCN(C(C)C)C(C)C. The summed E-state index contributed by atoms with van der Waals surface area (Å²) in [5.41, 5.74) is 0. The van der Waals surface area contributed by atoms with E-state index in [1.807, 2.05) is 7.11 Å². The number of rotatable bonds is 7. The summed E-state index contributed by atoms with van der Waals surface area (Å²) in [4.78, 5) is 2.56. The first-order valence-corrected chi connectivity index (χ1v) is 9.22. The first-order valence-electron chi connectivity index (χ1n) is 6.11. The zero-order valence-electron chi connectivity index (χ0n) is 11.6. The predicted molar refractivity (Wildman–Crippen MR) is 70.9 cm³/mol. The van der Waals surface area contributed by atoms with E-state index in [0.29, 0.717) is 12.1 Å². The second-order valence-electron chi connectivity index (χ2n) is 5.49. The summed E-state index contributed by atoms with van der Waals surface area (Å²) in [7, 11) is 0.516. The van der Waals surface area contributed by atoms with E-state index in [1.165, 1.54) is 19.0 Å².